The molecule has 4 aliphatic rings. The van der Waals surface area contributed by atoms with Gasteiger partial charge in [-0.25, -0.2) is 4.79 Å². The van der Waals surface area contributed by atoms with Crippen LogP contribution in [-0.2, 0) is 19.1 Å². The fourth-order valence-electron chi connectivity index (χ4n) is 5.48. The van der Waals surface area contributed by atoms with Crippen molar-refractivity contribution in [2.24, 2.45) is 17.3 Å². The fourth-order valence-corrected chi connectivity index (χ4v) is 5.48. The third kappa shape index (κ3) is 1.65. The zero-order chi connectivity index (χ0) is 16.5. The van der Waals surface area contributed by atoms with Crippen LogP contribution in [0.4, 0.5) is 0 Å². The van der Waals surface area contributed by atoms with Crippen LogP contribution in [0.3, 0.4) is 0 Å². The average Bonchev–Trinajstić information content (AvgIpc) is 3.26. The van der Waals surface area contributed by atoms with Gasteiger partial charge in [-0.15, -0.1) is 0 Å². The molecule has 126 valence electrons. The van der Waals surface area contributed by atoms with Gasteiger partial charge in [0, 0.05) is 23.5 Å². The molecule has 1 aromatic heterocycles. The molecule has 0 unspecified atom stereocenters. The summed E-state index contributed by atoms with van der Waals surface area (Å²) in [5.74, 6) is -0.0730. The zero-order valence-electron chi connectivity index (χ0n) is 13.6. The van der Waals surface area contributed by atoms with Crippen LogP contribution < -0.4 is 0 Å². The van der Waals surface area contributed by atoms with Crippen molar-refractivity contribution < 1.29 is 23.5 Å². The van der Waals surface area contributed by atoms with Crippen LogP contribution in [0, 0.1) is 17.3 Å². The van der Waals surface area contributed by atoms with Crippen LogP contribution in [0.2, 0.25) is 0 Å². The van der Waals surface area contributed by atoms with Gasteiger partial charge < -0.3 is 13.9 Å². The highest BCUT2D eigenvalue weighted by Gasteiger charge is 2.64. The summed E-state index contributed by atoms with van der Waals surface area (Å²) in [5.41, 5.74) is 2.32. The second-order valence-electron chi connectivity index (χ2n) is 7.60. The van der Waals surface area contributed by atoms with Crippen molar-refractivity contribution in [3.05, 3.63) is 35.3 Å². The molecular weight excluding hydrogens is 308 g/mol. The van der Waals surface area contributed by atoms with Crippen LogP contribution in [0.25, 0.3) is 0 Å². The van der Waals surface area contributed by atoms with Crippen molar-refractivity contribution in [1.29, 1.82) is 0 Å². The average molecular weight is 328 g/mol. The molecule has 3 heterocycles. The molecule has 5 nitrogen and oxygen atoms in total. The lowest BCUT2D eigenvalue weighted by Crippen LogP contribution is -2.49. The van der Waals surface area contributed by atoms with E-state index < -0.39 is 5.41 Å². The van der Waals surface area contributed by atoms with E-state index >= 15 is 0 Å². The minimum absolute atomic E-state index is 0.0749. The molecule has 1 aromatic rings. The molecule has 0 radical (unpaired) electrons. The van der Waals surface area contributed by atoms with Crippen LogP contribution in [0.1, 0.15) is 50.7 Å². The molecule has 5 rings (SSSR count). The predicted octanol–water partition coefficient (Wildman–Crippen LogP) is 3.32. The van der Waals surface area contributed by atoms with Gasteiger partial charge in [-0.3, -0.25) is 4.79 Å². The maximum Gasteiger partial charge on any atom is 0.334 e. The third-order valence-electron chi connectivity index (χ3n) is 6.62. The molecule has 5 atom stereocenters. The quantitative estimate of drug-likeness (QED) is 0.740. The number of ether oxygens (including phenoxy) is 2. The van der Waals surface area contributed by atoms with Gasteiger partial charge in [-0.05, 0) is 43.2 Å². The Morgan fingerprint density at radius 1 is 1.21 bits per heavy atom. The Hall–Kier alpha value is -2.04. The molecule has 2 aliphatic carbocycles. The van der Waals surface area contributed by atoms with Crippen LogP contribution >= 0.6 is 0 Å². The molecule has 1 saturated heterocycles. The summed E-state index contributed by atoms with van der Waals surface area (Å²) in [4.78, 5) is 25.2. The van der Waals surface area contributed by atoms with Crippen LogP contribution in [0.15, 0.2) is 34.2 Å². The Balaban J connectivity index is 1.59. The molecule has 0 amide bonds. The van der Waals surface area contributed by atoms with E-state index in [-0.39, 0.29) is 36.0 Å². The smallest absolute Gasteiger partial charge is 0.334 e. The summed E-state index contributed by atoms with van der Waals surface area (Å²) in [7, 11) is 0. The van der Waals surface area contributed by atoms with Crippen molar-refractivity contribution in [3.63, 3.8) is 0 Å². The molecule has 0 bridgehead atoms. The van der Waals surface area contributed by atoms with Crippen molar-refractivity contribution in [2.75, 3.05) is 0 Å². The lowest BCUT2D eigenvalue weighted by molar-refractivity contribution is -0.156. The molecular formula is C19H20O5. The number of furan rings is 1. The Labute approximate surface area is 140 Å². The number of cyclic esters (lactones) is 1. The molecule has 0 aromatic carbocycles. The Bertz CT molecular complexity index is 746. The number of rotatable bonds is 1. The predicted molar refractivity (Wildman–Crippen MR) is 82.6 cm³/mol. The highest BCUT2D eigenvalue weighted by Crippen LogP contribution is 2.62. The highest BCUT2D eigenvalue weighted by molar-refractivity contribution is 5.93. The lowest BCUT2D eigenvalue weighted by atomic mass is 9.54. The first-order valence-electron chi connectivity index (χ1n) is 8.78. The number of fused-ring (bicyclic) bond motifs is 1. The Morgan fingerprint density at radius 2 is 2.08 bits per heavy atom. The van der Waals surface area contributed by atoms with Gasteiger partial charge in [0.05, 0.1) is 17.9 Å². The van der Waals surface area contributed by atoms with Gasteiger partial charge in [-0.2, -0.15) is 0 Å². The van der Waals surface area contributed by atoms with E-state index in [9.17, 15) is 9.59 Å². The van der Waals surface area contributed by atoms with E-state index in [0.717, 1.165) is 36.0 Å². The van der Waals surface area contributed by atoms with Gasteiger partial charge in [0.15, 0.2) is 0 Å². The van der Waals surface area contributed by atoms with Gasteiger partial charge in [0.2, 0.25) is 0 Å². The SMILES string of the molecule is C[C@@H]1C[C@H]2OC(=O)C3=C2[C@H](CCC3)[C@]12C[C@H](c1ccoc1)OC2=O. The summed E-state index contributed by atoms with van der Waals surface area (Å²) in [5, 5.41) is 0. The van der Waals surface area contributed by atoms with Crippen molar-refractivity contribution in [3.8, 4) is 0 Å². The van der Waals surface area contributed by atoms with Crippen LogP contribution in [-0.4, -0.2) is 18.0 Å². The molecule has 5 heteroatoms. The number of hydrogen-bond donors (Lipinski definition) is 0. The number of hydrogen-bond acceptors (Lipinski definition) is 5. The maximum absolute atomic E-state index is 13.0. The van der Waals surface area contributed by atoms with E-state index in [0.29, 0.717) is 12.8 Å². The molecule has 2 fully saturated rings. The minimum Gasteiger partial charge on any atom is -0.472 e. The topological polar surface area (TPSA) is 65.7 Å². The largest absolute Gasteiger partial charge is 0.472 e. The number of esters is 2. The monoisotopic (exact) mass is 328 g/mol. The summed E-state index contributed by atoms with van der Waals surface area (Å²) in [6.45, 7) is 2.11. The van der Waals surface area contributed by atoms with Gasteiger partial charge >= 0.3 is 11.9 Å². The standard InChI is InChI=1S/C19H20O5/c1-10-7-14-16-12(17(20)23-14)3-2-4-13(16)19(10)8-15(24-18(19)21)11-5-6-22-9-11/h5-6,9-10,13-15H,2-4,7-8H2,1H3/t10-,13+,14-,15-,19+/m1/s1. The lowest BCUT2D eigenvalue weighted by Gasteiger charge is -2.47. The summed E-state index contributed by atoms with van der Waals surface area (Å²) in [6, 6.07) is 1.86. The van der Waals surface area contributed by atoms with E-state index in [1.807, 2.05) is 6.07 Å². The van der Waals surface area contributed by atoms with Crippen molar-refractivity contribution >= 4 is 11.9 Å². The van der Waals surface area contributed by atoms with Crippen molar-refractivity contribution in [2.45, 2.75) is 51.2 Å². The first kappa shape index (κ1) is 14.3. The summed E-state index contributed by atoms with van der Waals surface area (Å²) >= 11 is 0. The second-order valence-corrected chi connectivity index (χ2v) is 7.60. The number of carbonyl (C=O) groups is 2. The van der Waals surface area contributed by atoms with E-state index in [1.165, 1.54) is 0 Å². The van der Waals surface area contributed by atoms with Crippen molar-refractivity contribution in [1.82, 2.24) is 0 Å². The third-order valence-corrected chi connectivity index (χ3v) is 6.62. The van der Waals surface area contributed by atoms with Crippen LogP contribution in [0.5, 0.6) is 0 Å². The highest BCUT2D eigenvalue weighted by atomic mass is 16.6. The number of carbonyl (C=O) groups excluding carboxylic acids is 2. The van der Waals surface area contributed by atoms with Gasteiger partial charge in [-0.1, -0.05) is 6.92 Å². The Morgan fingerprint density at radius 3 is 2.88 bits per heavy atom. The summed E-state index contributed by atoms with van der Waals surface area (Å²) < 4.78 is 16.6. The molecule has 1 spiro atoms. The van der Waals surface area contributed by atoms with Gasteiger partial charge in [0.1, 0.15) is 12.2 Å². The first-order chi connectivity index (χ1) is 11.6. The second kappa shape index (κ2) is 4.74. The normalized spacial score (nSPS) is 40.7. The molecule has 1 saturated carbocycles. The molecule has 24 heavy (non-hydrogen) atoms. The maximum atomic E-state index is 13.0. The Kier molecular flexibility index (Phi) is 2.83. The first-order valence-corrected chi connectivity index (χ1v) is 8.78. The molecule has 2 aliphatic heterocycles. The minimum atomic E-state index is -0.534. The fraction of sp³-hybridized carbons (Fsp3) is 0.579. The van der Waals surface area contributed by atoms with Gasteiger partial charge in [0.25, 0.3) is 0 Å². The molecule has 0 N–H and O–H groups in total. The summed E-state index contributed by atoms with van der Waals surface area (Å²) in [6.07, 6.45) is 6.92. The zero-order valence-corrected chi connectivity index (χ0v) is 13.6. The van der Waals surface area contributed by atoms with E-state index in [2.05, 4.69) is 6.92 Å². The van der Waals surface area contributed by atoms with E-state index in [4.69, 9.17) is 13.9 Å². The van der Waals surface area contributed by atoms with E-state index in [1.54, 1.807) is 12.5 Å².